The van der Waals surface area contributed by atoms with E-state index in [4.69, 9.17) is 15.5 Å². The van der Waals surface area contributed by atoms with Crippen LogP contribution in [0.15, 0.2) is 18.5 Å². The smallest absolute Gasteiger partial charge is 0.236 e. The average Bonchev–Trinajstić information content (AvgIpc) is 3.37. The molecule has 0 bridgehead atoms. The van der Waals surface area contributed by atoms with Crippen molar-refractivity contribution in [1.29, 1.82) is 0 Å². The molecular formula is C28H42N10O2. The number of hydrogen-bond donors (Lipinski definition) is 2. The summed E-state index contributed by atoms with van der Waals surface area (Å²) in [6.07, 6.45) is 7.61. The van der Waals surface area contributed by atoms with E-state index >= 15 is 0 Å². The number of aromatic nitrogens is 5. The van der Waals surface area contributed by atoms with E-state index in [0.717, 1.165) is 94.0 Å². The van der Waals surface area contributed by atoms with Crippen molar-refractivity contribution >= 4 is 28.7 Å². The third-order valence-corrected chi connectivity index (χ3v) is 8.07. The number of nitrogens with two attached hydrogens (primary N) is 1. The van der Waals surface area contributed by atoms with E-state index in [9.17, 15) is 4.79 Å². The van der Waals surface area contributed by atoms with Crippen LogP contribution in [0.4, 0.5) is 11.8 Å². The summed E-state index contributed by atoms with van der Waals surface area (Å²) in [7, 11) is 3.81. The van der Waals surface area contributed by atoms with Gasteiger partial charge in [0.2, 0.25) is 11.9 Å². The molecule has 3 aromatic rings. The molecule has 2 aliphatic rings. The van der Waals surface area contributed by atoms with Gasteiger partial charge in [-0.15, -0.1) is 0 Å². The summed E-state index contributed by atoms with van der Waals surface area (Å²) in [5, 5.41) is 7.94. The van der Waals surface area contributed by atoms with Crippen LogP contribution < -0.4 is 15.8 Å². The van der Waals surface area contributed by atoms with E-state index in [1.807, 2.05) is 15.8 Å². The molecule has 1 amide bonds. The quantitative estimate of drug-likeness (QED) is 0.362. The second-order valence-electron chi connectivity index (χ2n) is 10.9. The Hall–Kier alpha value is -3.51. The largest absolute Gasteiger partial charge is 0.495 e. The van der Waals surface area contributed by atoms with Crippen LogP contribution in [0.3, 0.4) is 0 Å². The minimum Gasteiger partial charge on any atom is -0.495 e. The van der Waals surface area contributed by atoms with E-state index in [1.165, 1.54) is 0 Å². The van der Waals surface area contributed by atoms with Gasteiger partial charge in [-0.2, -0.15) is 10.1 Å². The number of carbonyl (C=O) groups excluding carboxylic acids is 1. The number of nitrogens with zero attached hydrogens (tertiary/aromatic N) is 8. The van der Waals surface area contributed by atoms with Crippen molar-refractivity contribution in [3.63, 3.8) is 0 Å². The summed E-state index contributed by atoms with van der Waals surface area (Å²) in [6.45, 7) is 9.41. The number of hydrogen-bond acceptors (Lipinski definition) is 10. The lowest BCUT2D eigenvalue weighted by atomic mass is 9.90. The maximum absolute atomic E-state index is 12.9. The second kappa shape index (κ2) is 12.8. The number of nitrogens with one attached hydrogen (secondary N) is 1. The molecule has 0 aromatic carbocycles. The highest BCUT2D eigenvalue weighted by molar-refractivity contribution is 5.86. The Bertz CT molecular complexity index is 1300. The third kappa shape index (κ3) is 6.44. The number of fused-ring (bicyclic) bond motifs is 1. The van der Waals surface area contributed by atoms with Crippen LogP contribution in [0, 0.1) is 0 Å². The molecule has 216 valence electrons. The first-order chi connectivity index (χ1) is 19.4. The lowest BCUT2D eigenvalue weighted by molar-refractivity contribution is -0.133. The van der Waals surface area contributed by atoms with Gasteiger partial charge in [0, 0.05) is 52.0 Å². The number of pyridine rings is 1. The maximum atomic E-state index is 12.9. The number of unbranched alkanes of at least 4 members (excludes halogenated alkanes) is 1. The van der Waals surface area contributed by atoms with Gasteiger partial charge in [-0.3, -0.25) is 19.4 Å². The molecule has 0 aliphatic carbocycles. The SMILES string of the molecule is CCCCNc1nc(N)nc2cnn(Cc3ncc(C4CCN(C(=O)CN5CCN(C)CC5)CC4)cc3OC)c12. The molecule has 0 unspecified atom stereocenters. The van der Waals surface area contributed by atoms with Crippen molar-refractivity contribution < 1.29 is 9.53 Å². The van der Waals surface area contributed by atoms with Crippen molar-refractivity contribution in [2.45, 2.75) is 45.1 Å². The summed E-state index contributed by atoms with van der Waals surface area (Å²) in [5.74, 6) is 2.22. The summed E-state index contributed by atoms with van der Waals surface area (Å²) in [4.78, 5) is 33.1. The van der Waals surface area contributed by atoms with Crippen LogP contribution in [0.25, 0.3) is 11.0 Å². The molecule has 5 rings (SSSR count). The van der Waals surface area contributed by atoms with Gasteiger partial charge < -0.3 is 25.6 Å². The van der Waals surface area contributed by atoms with Gasteiger partial charge in [-0.05, 0) is 43.9 Å². The summed E-state index contributed by atoms with van der Waals surface area (Å²) in [6, 6.07) is 2.09. The molecule has 3 aromatic heterocycles. The minimum absolute atomic E-state index is 0.221. The van der Waals surface area contributed by atoms with E-state index in [1.54, 1.807) is 13.3 Å². The monoisotopic (exact) mass is 550 g/mol. The van der Waals surface area contributed by atoms with Crippen molar-refractivity contribution in [1.82, 2.24) is 39.4 Å². The zero-order valence-electron chi connectivity index (χ0n) is 24.0. The van der Waals surface area contributed by atoms with Gasteiger partial charge >= 0.3 is 0 Å². The molecule has 0 radical (unpaired) electrons. The van der Waals surface area contributed by atoms with Crippen molar-refractivity contribution in [2.24, 2.45) is 0 Å². The molecule has 3 N–H and O–H groups in total. The normalized spacial score (nSPS) is 17.4. The van der Waals surface area contributed by atoms with Crippen molar-refractivity contribution in [3.05, 3.63) is 29.7 Å². The Morgan fingerprint density at radius 1 is 1.12 bits per heavy atom. The minimum atomic E-state index is 0.221. The Balaban J connectivity index is 1.24. The lowest BCUT2D eigenvalue weighted by Gasteiger charge is -2.36. The van der Waals surface area contributed by atoms with Crippen LogP contribution in [0.5, 0.6) is 5.75 Å². The molecule has 40 heavy (non-hydrogen) atoms. The van der Waals surface area contributed by atoms with Gasteiger partial charge in [0.05, 0.1) is 26.4 Å². The van der Waals surface area contributed by atoms with E-state index in [-0.39, 0.29) is 11.9 Å². The van der Waals surface area contributed by atoms with Gasteiger partial charge in [0.25, 0.3) is 0 Å². The van der Waals surface area contributed by atoms with Gasteiger partial charge in [0.15, 0.2) is 5.82 Å². The number of piperazine rings is 1. The fourth-order valence-corrected chi connectivity index (χ4v) is 5.55. The summed E-state index contributed by atoms with van der Waals surface area (Å²) in [5.41, 5.74) is 9.36. The zero-order valence-corrected chi connectivity index (χ0v) is 24.0. The molecule has 12 nitrogen and oxygen atoms in total. The Morgan fingerprint density at radius 3 is 2.62 bits per heavy atom. The summed E-state index contributed by atoms with van der Waals surface area (Å²) >= 11 is 0. The fourth-order valence-electron chi connectivity index (χ4n) is 5.55. The Kier molecular flexibility index (Phi) is 8.95. The predicted octanol–water partition coefficient (Wildman–Crippen LogP) is 2.03. The maximum Gasteiger partial charge on any atom is 0.236 e. The second-order valence-corrected chi connectivity index (χ2v) is 10.9. The molecule has 0 atom stereocenters. The Labute approximate surface area is 235 Å². The number of carbonyl (C=O) groups is 1. The van der Waals surface area contributed by atoms with E-state index in [0.29, 0.717) is 30.3 Å². The molecule has 2 fully saturated rings. The summed E-state index contributed by atoms with van der Waals surface area (Å²) < 4.78 is 7.62. The van der Waals surface area contributed by atoms with Crippen LogP contribution in [0.2, 0.25) is 0 Å². The number of amides is 1. The number of rotatable bonds is 10. The van der Waals surface area contributed by atoms with E-state index in [2.05, 4.69) is 50.2 Å². The molecular weight excluding hydrogens is 508 g/mol. The molecule has 5 heterocycles. The lowest BCUT2D eigenvalue weighted by Crippen LogP contribution is -2.50. The van der Waals surface area contributed by atoms with Gasteiger partial charge in [-0.1, -0.05) is 13.3 Å². The molecule has 2 saturated heterocycles. The zero-order chi connectivity index (χ0) is 28.1. The highest BCUT2D eigenvalue weighted by Gasteiger charge is 2.27. The number of ether oxygens (including phenoxy) is 1. The number of piperidine rings is 1. The standard InChI is InChI=1S/C28H42N10O2/c1-4-5-8-30-27-26-22(33-28(29)34-27)17-32-38(26)18-23-24(40-3)15-21(16-31-23)20-6-9-37(10-7-20)25(39)19-36-13-11-35(2)12-14-36/h15-17,20H,4-14,18-19H2,1-3H3,(H3,29,30,33,34). The van der Waals surface area contributed by atoms with Crippen molar-refractivity contribution in [2.75, 3.05) is 77.6 Å². The van der Waals surface area contributed by atoms with E-state index < -0.39 is 0 Å². The van der Waals surface area contributed by atoms with Gasteiger partial charge in [-0.25, -0.2) is 4.98 Å². The number of likely N-dealkylation sites (N-methyl/N-ethyl adjacent to an activating group) is 1. The predicted molar refractivity (Wildman–Crippen MR) is 156 cm³/mol. The molecule has 12 heteroatoms. The highest BCUT2D eigenvalue weighted by atomic mass is 16.5. The third-order valence-electron chi connectivity index (χ3n) is 8.07. The number of methoxy groups -OCH3 is 1. The van der Waals surface area contributed by atoms with Crippen LogP contribution in [0.1, 0.15) is 49.8 Å². The molecule has 2 aliphatic heterocycles. The topological polar surface area (TPSA) is 131 Å². The number of likely N-dealkylation sites (tertiary alicyclic amines) is 1. The Morgan fingerprint density at radius 2 is 1.90 bits per heavy atom. The molecule has 0 saturated carbocycles. The number of nitrogen functional groups attached to an aromatic ring is 1. The van der Waals surface area contributed by atoms with Crippen LogP contribution >= 0.6 is 0 Å². The number of anilines is 2. The van der Waals surface area contributed by atoms with Crippen LogP contribution in [-0.4, -0.2) is 112 Å². The van der Waals surface area contributed by atoms with Gasteiger partial charge in [0.1, 0.15) is 22.5 Å². The first-order valence-electron chi connectivity index (χ1n) is 14.4. The average molecular weight is 551 g/mol. The van der Waals surface area contributed by atoms with Crippen molar-refractivity contribution in [3.8, 4) is 5.75 Å². The highest BCUT2D eigenvalue weighted by Crippen LogP contribution is 2.32. The first kappa shape index (κ1) is 28.0. The fraction of sp³-hybridized carbons (Fsp3) is 0.607. The molecule has 0 spiro atoms. The first-order valence-corrected chi connectivity index (χ1v) is 14.4. The van der Waals surface area contributed by atoms with Crippen LogP contribution in [-0.2, 0) is 11.3 Å².